The van der Waals surface area contributed by atoms with Crippen LogP contribution in [-0.4, -0.2) is 0 Å². The first-order chi connectivity index (χ1) is 6.04. The van der Waals surface area contributed by atoms with Gasteiger partial charge >= 0.3 is 6.18 Å². The Kier molecular flexibility index (Phi) is 4.90. The molecule has 6 heteroatoms. The number of nitrogens with two attached hydrogens (primary N) is 1. The van der Waals surface area contributed by atoms with E-state index in [1.54, 1.807) is 6.07 Å². The molecule has 1 rings (SSSR count). The maximum atomic E-state index is 12.2. The summed E-state index contributed by atoms with van der Waals surface area (Å²) in [4.78, 5) is 0. The van der Waals surface area contributed by atoms with Gasteiger partial charge in [-0.2, -0.15) is 13.2 Å². The van der Waals surface area contributed by atoms with Gasteiger partial charge in [0.15, 0.2) is 0 Å². The minimum atomic E-state index is -4.29. The van der Waals surface area contributed by atoms with E-state index in [9.17, 15) is 13.2 Å². The summed E-state index contributed by atoms with van der Waals surface area (Å²) in [5.41, 5.74) is 2.15. The van der Waals surface area contributed by atoms with Crippen LogP contribution in [0.4, 0.5) is 13.2 Å². The van der Waals surface area contributed by atoms with Crippen molar-refractivity contribution in [3.05, 3.63) is 35.4 Å². The molecule has 0 unspecified atom stereocenters. The predicted octanol–water partition coefficient (Wildman–Crippen LogP) is 2.09. The molecule has 0 aliphatic rings. The second-order valence-corrected chi connectivity index (χ2v) is 2.58. The molecule has 0 aromatic heterocycles. The highest BCUT2D eigenvalue weighted by Crippen LogP contribution is 2.29. The van der Waals surface area contributed by atoms with Gasteiger partial charge in [-0.15, -0.1) is 12.4 Å². The van der Waals surface area contributed by atoms with Gasteiger partial charge in [0.25, 0.3) is 0 Å². The Morgan fingerprint density at radius 3 is 2.43 bits per heavy atom. The zero-order valence-corrected chi connectivity index (χ0v) is 7.95. The van der Waals surface area contributed by atoms with E-state index in [1.165, 1.54) is 6.07 Å². The number of rotatable bonds is 2. The van der Waals surface area contributed by atoms with Crippen molar-refractivity contribution in [2.45, 2.75) is 12.7 Å². The molecule has 14 heavy (non-hydrogen) atoms. The highest BCUT2D eigenvalue weighted by atomic mass is 35.5. The fourth-order valence-electron chi connectivity index (χ4n) is 0.975. The number of benzene rings is 1. The molecule has 0 saturated heterocycles. The second kappa shape index (κ2) is 5.19. The first kappa shape index (κ1) is 13.2. The summed E-state index contributed by atoms with van der Waals surface area (Å²) in [6.07, 6.45) is -4.29. The smallest absolute Gasteiger partial charge is 0.271 e. The van der Waals surface area contributed by atoms with Crippen LogP contribution < -0.4 is 11.3 Å². The molecule has 1 aromatic carbocycles. The van der Waals surface area contributed by atoms with Crippen LogP contribution in [0.15, 0.2) is 24.3 Å². The summed E-state index contributed by atoms with van der Waals surface area (Å²) in [7, 11) is 0. The maximum Gasteiger partial charge on any atom is 0.416 e. The minimum Gasteiger partial charge on any atom is -0.271 e. The van der Waals surface area contributed by atoms with E-state index in [1.807, 2.05) is 0 Å². The number of hydrogen-bond donors (Lipinski definition) is 2. The molecule has 80 valence electrons. The Morgan fingerprint density at radius 1 is 1.29 bits per heavy atom. The van der Waals surface area contributed by atoms with Crippen LogP contribution in [-0.2, 0) is 12.7 Å². The van der Waals surface area contributed by atoms with Gasteiger partial charge in [0.2, 0.25) is 0 Å². The molecule has 0 aliphatic heterocycles. The summed E-state index contributed by atoms with van der Waals surface area (Å²) < 4.78 is 36.5. The third kappa shape index (κ3) is 3.53. The van der Waals surface area contributed by atoms with Gasteiger partial charge < -0.3 is 0 Å². The van der Waals surface area contributed by atoms with Crippen molar-refractivity contribution in [3.63, 3.8) is 0 Å². The van der Waals surface area contributed by atoms with Crippen molar-refractivity contribution < 1.29 is 13.2 Å². The molecule has 0 radical (unpaired) electrons. The summed E-state index contributed by atoms with van der Waals surface area (Å²) in [6, 6.07) is 5.03. The summed E-state index contributed by atoms with van der Waals surface area (Å²) in [5, 5.41) is 0. The van der Waals surface area contributed by atoms with Gasteiger partial charge in [0.1, 0.15) is 0 Å². The first-order valence-electron chi connectivity index (χ1n) is 3.63. The SMILES string of the molecule is Cl.NNCc1cccc(C(F)(F)F)c1. The Labute approximate surface area is 85.7 Å². The van der Waals surface area contributed by atoms with E-state index in [0.29, 0.717) is 5.56 Å². The quantitative estimate of drug-likeness (QED) is 0.599. The largest absolute Gasteiger partial charge is 0.416 e. The Morgan fingerprint density at radius 2 is 1.93 bits per heavy atom. The van der Waals surface area contributed by atoms with Gasteiger partial charge in [-0.25, -0.2) is 0 Å². The van der Waals surface area contributed by atoms with Crippen LogP contribution in [0, 0.1) is 0 Å². The van der Waals surface area contributed by atoms with Crippen molar-refractivity contribution in [1.82, 2.24) is 5.43 Å². The van der Waals surface area contributed by atoms with Crippen LogP contribution in [0.5, 0.6) is 0 Å². The van der Waals surface area contributed by atoms with Gasteiger partial charge in [0.05, 0.1) is 5.56 Å². The molecule has 0 atom stereocenters. The number of halogens is 4. The monoisotopic (exact) mass is 226 g/mol. The Bertz CT molecular complexity index is 288. The fraction of sp³-hybridized carbons (Fsp3) is 0.250. The molecule has 0 saturated carbocycles. The van der Waals surface area contributed by atoms with Gasteiger partial charge in [0, 0.05) is 6.54 Å². The van der Waals surface area contributed by atoms with Crippen LogP contribution in [0.3, 0.4) is 0 Å². The normalized spacial score (nSPS) is 10.9. The van der Waals surface area contributed by atoms with Crippen molar-refractivity contribution in [2.75, 3.05) is 0 Å². The van der Waals surface area contributed by atoms with E-state index in [2.05, 4.69) is 5.43 Å². The standard InChI is InChI=1S/C8H9F3N2.ClH/c9-8(10,11)7-3-1-2-6(4-7)5-13-12;/h1-4,13H,5,12H2;1H. The van der Waals surface area contributed by atoms with E-state index in [-0.39, 0.29) is 19.0 Å². The molecule has 2 nitrogen and oxygen atoms in total. The molecule has 3 N–H and O–H groups in total. The van der Waals surface area contributed by atoms with Crippen molar-refractivity contribution in [3.8, 4) is 0 Å². The second-order valence-electron chi connectivity index (χ2n) is 2.58. The van der Waals surface area contributed by atoms with Crippen LogP contribution in [0.2, 0.25) is 0 Å². The van der Waals surface area contributed by atoms with Crippen molar-refractivity contribution >= 4 is 12.4 Å². The van der Waals surface area contributed by atoms with Gasteiger partial charge in [-0.05, 0) is 11.6 Å². The van der Waals surface area contributed by atoms with Crippen molar-refractivity contribution in [1.29, 1.82) is 0 Å². The molecular formula is C8H10ClF3N2. The highest BCUT2D eigenvalue weighted by molar-refractivity contribution is 5.85. The Balaban J connectivity index is 0.00000169. The number of alkyl halides is 3. The summed E-state index contributed by atoms with van der Waals surface area (Å²) >= 11 is 0. The minimum absolute atomic E-state index is 0. The molecule has 1 aromatic rings. The molecule has 0 fully saturated rings. The lowest BCUT2D eigenvalue weighted by Gasteiger charge is -2.07. The van der Waals surface area contributed by atoms with Crippen LogP contribution in [0.25, 0.3) is 0 Å². The fourth-order valence-corrected chi connectivity index (χ4v) is 0.975. The third-order valence-electron chi connectivity index (χ3n) is 1.56. The lowest BCUT2D eigenvalue weighted by molar-refractivity contribution is -0.137. The van der Waals surface area contributed by atoms with Crippen LogP contribution >= 0.6 is 12.4 Å². The lowest BCUT2D eigenvalue weighted by Crippen LogP contribution is -2.21. The lowest BCUT2D eigenvalue weighted by atomic mass is 10.1. The van der Waals surface area contributed by atoms with E-state index >= 15 is 0 Å². The molecule has 0 heterocycles. The molecular weight excluding hydrogens is 217 g/mol. The average molecular weight is 227 g/mol. The van der Waals surface area contributed by atoms with E-state index in [4.69, 9.17) is 5.84 Å². The molecule has 0 spiro atoms. The number of hydrazine groups is 1. The zero-order chi connectivity index (χ0) is 9.90. The van der Waals surface area contributed by atoms with Gasteiger partial charge in [-0.1, -0.05) is 18.2 Å². The zero-order valence-electron chi connectivity index (χ0n) is 7.14. The summed E-state index contributed by atoms with van der Waals surface area (Å²) in [5.74, 6) is 4.99. The third-order valence-corrected chi connectivity index (χ3v) is 1.56. The van der Waals surface area contributed by atoms with E-state index < -0.39 is 11.7 Å². The Hall–Kier alpha value is -0.780. The molecule has 0 bridgehead atoms. The number of nitrogens with one attached hydrogen (secondary N) is 1. The average Bonchev–Trinajstić information content (AvgIpc) is 2.04. The topological polar surface area (TPSA) is 38.0 Å². The number of hydrogen-bond acceptors (Lipinski definition) is 2. The molecule has 0 amide bonds. The van der Waals surface area contributed by atoms with Crippen LogP contribution in [0.1, 0.15) is 11.1 Å². The predicted molar refractivity (Wildman–Crippen MR) is 49.7 cm³/mol. The maximum absolute atomic E-state index is 12.2. The first-order valence-corrected chi connectivity index (χ1v) is 3.63. The van der Waals surface area contributed by atoms with Crippen molar-refractivity contribution in [2.24, 2.45) is 5.84 Å². The van der Waals surface area contributed by atoms with Gasteiger partial charge in [-0.3, -0.25) is 11.3 Å². The highest BCUT2D eigenvalue weighted by Gasteiger charge is 2.30. The summed E-state index contributed by atoms with van der Waals surface area (Å²) in [6.45, 7) is 0.226. The van der Waals surface area contributed by atoms with E-state index in [0.717, 1.165) is 12.1 Å². The molecule has 0 aliphatic carbocycles.